The molecule has 0 aromatic heterocycles. The normalized spacial score (nSPS) is 26.6. The summed E-state index contributed by atoms with van der Waals surface area (Å²) in [5, 5.41) is -0.456. The van der Waals surface area contributed by atoms with E-state index in [1.54, 1.807) is 12.0 Å². The number of primary amides is 1. The fourth-order valence-electron chi connectivity index (χ4n) is 6.11. The lowest BCUT2D eigenvalue weighted by molar-refractivity contribution is -0.149. The second kappa shape index (κ2) is 11.2. The monoisotopic (exact) mass is 607 g/mol. The third kappa shape index (κ3) is 4.76. The summed E-state index contributed by atoms with van der Waals surface area (Å²) >= 11 is 5.05. The molecule has 0 spiro atoms. The minimum absolute atomic E-state index is 0.0401. The lowest BCUT2D eigenvalue weighted by Gasteiger charge is -2.48. The van der Waals surface area contributed by atoms with E-state index in [1.165, 1.54) is 16.7 Å². The standard InChI is InChI=1S/C27H34BrN3O6S/c1-16-21-23(32)31(27(25(29)33)11-5-6-12-27)26(34)30(24(21)38-22(16)28)15-20(37-17-9-13-36-14-10-17)18-7-3-4-8-19(18)35-2/h3-4,7-8,17,20-21,24H,5-6,9-15H2,1-2H3,(H2,29,33). The van der Waals surface area contributed by atoms with Crippen molar-refractivity contribution in [3.8, 4) is 5.75 Å². The van der Waals surface area contributed by atoms with E-state index >= 15 is 0 Å². The molecule has 1 aliphatic carbocycles. The van der Waals surface area contributed by atoms with Crippen LogP contribution in [0.3, 0.4) is 0 Å². The highest BCUT2D eigenvalue weighted by atomic mass is 79.9. The van der Waals surface area contributed by atoms with Crippen molar-refractivity contribution in [3.05, 3.63) is 39.2 Å². The first-order chi connectivity index (χ1) is 18.3. The molecule has 0 bridgehead atoms. The second-order valence-corrected chi connectivity index (χ2v) is 12.8. The van der Waals surface area contributed by atoms with Gasteiger partial charge in [-0.25, -0.2) is 9.69 Å². The zero-order valence-corrected chi connectivity index (χ0v) is 24.1. The van der Waals surface area contributed by atoms with Gasteiger partial charge in [0.15, 0.2) is 0 Å². The van der Waals surface area contributed by atoms with Gasteiger partial charge >= 0.3 is 6.03 Å². The smallest absolute Gasteiger partial charge is 0.328 e. The molecule has 206 valence electrons. The summed E-state index contributed by atoms with van der Waals surface area (Å²) in [4.78, 5) is 43.9. The maximum absolute atomic E-state index is 14.3. The number of carbonyl (C=O) groups is 3. The van der Waals surface area contributed by atoms with Crippen molar-refractivity contribution in [1.82, 2.24) is 9.80 Å². The highest BCUT2D eigenvalue weighted by molar-refractivity contribution is 9.14. The van der Waals surface area contributed by atoms with E-state index in [-0.39, 0.29) is 18.6 Å². The average Bonchev–Trinajstić information content (AvgIpc) is 3.52. The van der Waals surface area contributed by atoms with Crippen molar-refractivity contribution >= 4 is 45.5 Å². The number of benzene rings is 1. The number of hydrogen-bond acceptors (Lipinski definition) is 7. The molecule has 1 aromatic rings. The fraction of sp³-hybridized carbons (Fsp3) is 0.593. The molecule has 11 heteroatoms. The Bertz CT molecular complexity index is 1130. The Morgan fingerprint density at radius 2 is 1.92 bits per heavy atom. The van der Waals surface area contributed by atoms with Gasteiger partial charge in [-0.3, -0.25) is 9.59 Å². The highest BCUT2D eigenvalue weighted by Gasteiger charge is 2.59. The number of hydrogen-bond donors (Lipinski definition) is 1. The van der Waals surface area contributed by atoms with Crippen LogP contribution in [0, 0.1) is 5.92 Å². The molecule has 3 unspecified atom stereocenters. The van der Waals surface area contributed by atoms with Crippen LogP contribution in [0.4, 0.5) is 4.79 Å². The molecule has 3 fully saturated rings. The Morgan fingerprint density at radius 1 is 1.24 bits per heavy atom. The predicted molar refractivity (Wildman–Crippen MR) is 146 cm³/mol. The van der Waals surface area contributed by atoms with Crippen LogP contribution < -0.4 is 10.5 Å². The van der Waals surface area contributed by atoms with Gasteiger partial charge in [0.05, 0.1) is 29.5 Å². The minimum Gasteiger partial charge on any atom is -0.496 e. The number of methoxy groups -OCH3 is 1. The number of para-hydroxylation sites is 1. The first kappa shape index (κ1) is 27.5. The molecular formula is C27H34BrN3O6S. The van der Waals surface area contributed by atoms with E-state index in [4.69, 9.17) is 19.9 Å². The first-order valence-electron chi connectivity index (χ1n) is 13.1. The largest absolute Gasteiger partial charge is 0.496 e. The zero-order valence-electron chi connectivity index (χ0n) is 21.7. The van der Waals surface area contributed by atoms with Crippen molar-refractivity contribution in [2.75, 3.05) is 26.9 Å². The molecule has 38 heavy (non-hydrogen) atoms. The van der Waals surface area contributed by atoms with Crippen molar-refractivity contribution in [2.45, 2.75) is 68.6 Å². The molecule has 0 radical (unpaired) electrons. The molecule has 3 aliphatic heterocycles. The van der Waals surface area contributed by atoms with Gasteiger partial charge in [0.25, 0.3) is 0 Å². The third-order valence-electron chi connectivity index (χ3n) is 8.21. The summed E-state index contributed by atoms with van der Waals surface area (Å²) in [5.74, 6) is -0.889. The Morgan fingerprint density at radius 3 is 2.58 bits per heavy atom. The molecule has 4 aliphatic rings. The van der Waals surface area contributed by atoms with Gasteiger partial charge < -0.3 is 24.8 Å². The van der Waals surface area contributed by atoms with Crippen molar-refractivity contribution in [2.24, 2.45) is 11.7 Å². The number of carbonyl (C=O) groups excluding carboxylic acids is 3. The third-order valence-corrected chi connectivity index (χ3v) is 10.7. The Hall–Kier alpha value is -2.08. The Balaban J connectivity index is 1.54. The number of nitrogens with zero attached hydrogens (tertiary/aromatic N) is 2. The zero-order chi connectivity index (χ0) is 27.0. The number of urea groups is 1. The predicted octanol–water partition coefficient (Wildman–Crippen LogP) is 4.31. The molecule has 3 heterocycles. The van der Waals surface area contributed by atoms with Gasteiger partial charge in [0.1, 0.15) is 22.8 Å². The van der Waals surface area contributed by atoms with Crippen LogP contribution in [0.25, 0.3) is 0 Å². The van der Waals surface area contributed by atoms with E-state index in [0.717, 1.165) is 40.6 Å². The molecule has 3 atom stereocenters. The van der Waals surface area contributed by atoms with E-state index < -0.39 is 34.9 Å². The number of nitrogens with two attached hydrogens (primary N) is 1. The van der Waals surface area contributed by atoms with Crippen LogP contribution in [0.1, 0.15) is 57.1 Å². The maximum Gasteiger partial charge on any atom is 0.328 e. The summed E-state index contributed by atoms with van der Waals surface area (Å²) in [6, 6.07) is 7.14. The van der Waals surface area contributed by atoms with E-state index in [0.29, 0.717) is 31.8 Å². The SMILES string of the molecule is COc1ccccc1C(CN1C(=O)N(C2(C(N)=O)CCCC2)C(=O)C2C(C)=C(Br)SC21)OC1CCOCC1. The molecular weight excluding hydrogens is 574 g/mol. The quantitative estimate of drug-likeness (QED) is 0.468. The van der Waals surface area contributed by atoms with Crippen molar-refractivity contribution in [3.63, 3.8) is 0 Å². The van der Waals surface area contributed by atoms with Gasteiger partial charge in [0, 0.05) is 18.8 Å². The van der Waals surface area contributed by atoms with Gasteiger partial charge in [-0.2, -0.15) is 0 Å². The fourth-order valence-corrected chi connectivity index (χ4v) is 8.22. The average molecular weight is 609 g/mol. The Labute approximate surface area is 235 Å². The van der Waals surface area contributed by atoms with Crippen LogP contribution in [0.15, 0.2) is 33.7 Å². The number of thioether (sulfide) groups is 1. The lowest BCUT2D eigenvalue weighted by atomic mass is 9.88. The van der Waals surface area contributed by atoms with Crippen LogP contribution >= 0.6 is 27.7 Å². The van der Waals surface area contributed by atoms with Crippen LogP contribution in [0.5, 0.6) is 5.75 Å². The Kier molecular flexibility index (Phi) is 8.09. The summed E-state index contributed by atoms with van der Waals surface area (Å²) in [7, 11) is 1.61. The molecule has 5 rings (SSSR count). The lowest BCUT2D eigenvalue weighted by Crippen LogP contribution is -2.69. The number of amides is 4. The number of ether oxygens (including phenoxy) is 3. The molecule has 2 saturated heterocycles. The van der Waals surface area contributed by atoms with E-state index in [2.05, 4.69) is 15.9 Å². The summed E-state index contributed by atoms with van der Waals surface area (Å²) < 4.78 is 18.7. The molecule has 4 amide bonds. The number of rotatable bonds is 8. The second-order valence-electron chi connectivity index (χ2n) is 10.3. The van der Waals surface area contributed by atoms with Gasteiger partial charge in [0.2, 0.25) is 11.8 Å². The maximum atomic E-state index is 14.3. The number of halogens is 1. The minimum atomic E-state index is -1.31. The van der Waals surface area contributed by atoms with E-state index in [1.807, 2.05) is 31.2 Å². The van der Waals surface area contributed by atoms with Crippen LogP contribution in [0.2, 0.25) is 0 Å². The molecule has 9 nitrogen and oxygen atoms in total. The number of fused-ring (bicyclic) bond motifs is 1. The van der Waals surface area contributed by atoms with Gasteiger partial charge in [-0.05, 0) is 60.2 Å². The molecule has 1 saturated carbocycles. The van der Waals surface area contributed by atoms with E-state index in [9.17, 15) is 14.4 Å². The summed E-state index contributed by atoms with van der Waals surface area (Å²) in [5.41, 5.74) is 6.27. The summed E-state index contributed by atoms with van der Waals surface area (Å²) in [6.07, 6.45) is 3.19. The van der Waals surface area contributed by atoms with Crippen molar-refractivity contribution < 1.29 is 28.6 Å². The van der Waals surface area contributed by atoms with Crippen molar-refractivity contribution in [1.29, 1.82) is 0 Å². The van der Waals surface area contributed by atoms with Gasteiger partial charge in [-0.15, -0.1) is 0 Å². The molecule has 2 N–H and O–H groups in total. The van der Waals surface area contributed by atoms with Crippen LogP contribution in [-0.2, 0) is 19.1 Å². The number of imide groups is 1. The van der Waals surface area contributed by atoms with Crippen LogP contribution in [-0.4, -0.2) is 71.5 Å². The first-order valence-corrected chi connectivity index (χ1v) is 14.8. The molecule has 1 aromatic carbocycles. The summed E-state index contributed by atoms with van der Waals surface area (Å²) in [6.45, 7) is 3.32. The highest BCUT2D eigenvalue weighted by Crippen LogP contribution is 2.52. The topological polar surface area (TPSA) is 111 Å². The van der Waals surface area contributed by atoms with Gasteiger partial charge in [-0.1, -0.05) is 42.8 Å².